The fourth-order valence-corrected chi connectivity index (χ4v) is 2.87. The van der Waals surface area contributed by atoms with Crippen LogP contribution in [-0.2, 0) is 16.1 Å². The highest BCUT2D eigenvalue weighted by Gasteiger charge is 2.18. The van der Waals surface area contributed by atoms with Gasteiger partial charge >= 0.3 is 5.97 Å². The Labute approximate surface area is 130 Å². The standard InChI is InChI=1S/C15H22ClN3O2/c1-2-21-14(20)10-18-9-11-12(17)5-6-13(15(11)16)19-7-3-4-8-19/h5-6,18H,2-4,7-10,17H2,1H3. The van der Waals surface area contributed by atoms with E-state index in [1.165, 1.54) is 12.8 Å². The lowest BCUT2D eigenvalue weighted by Gasteiger charge is -2.21. The van der Waals surface area contributed by atoms with Crippen LogP contribution in [0.4, 0.5) is 11.4 Å². The molecule has 0 spiro atoms. The van der Waals surface area contributed by atoms with E-state index in [1.54, 1.807) is 6.92 Å². The molecule has 0 unspecified atom stereocenters. The van der Waals surface area contributed by atoms with Crippen LogP contribution in [0.5, 0.6) is 0 Å². The third kappa shape index (κ3) is 4.02. The summed E-state index contributed by atoms with van der Waals surface area (Å²) in [5.41, 5.74) is 8.51. The molecule has 5 nitrogen and oxygen atoms in total. The number of esters is 1. The summed E-state index contributed by atoms with van der Waals surface area (Å²) in [6.07, 6.45) is 2.38. The first kappa shape index (κ1) is 15.9. The third-order valence-electron chi connectivity index (χ3n) is 3.58. The van der Waals surface area contributed by atoms with Crippen molar-refractivity contribution < 1.29 is 9.53 Å². The molecule has 1 heterocycles. The number of rotatable bonds is 6. The van der Waals surface area contributed by atoms with Crippen molar-refractivity contribution in [2.75, 3.05) is 36.9 Å². The third-order valence-corrected chi connectivity index (χ3v) is 4.00. The quantitative estimate of drug-likeness (QED) is 0.622. The smallest absolute Gasteiger partial charge is 0.319 e. The molecule has 1 aliphatic rings. The van der Waals surface area contributed by atoms with E-state index in [4.69, 9.17) is 22.1 Å². The minimum Gasteiger partial charge on any atom is -0.465 e. The van der Waals surface area contributed by atoms with E-state index >= 15 is 0 Å². The average Bonchev–Trinajstić information content (AvgIpc) is 2.97. The summed E-state index contributed by atoms with van der Waals surface area (Å²) in [6.45, 7) is 4.82. The lowest BCUT2D eigenvalue weighted by Crippen LogP contribution is -2.25. The summed E-state index contributed by atoms with van der Waals surface area (Å²) in [7, 11) is 0. The highest BCUT2D eigenvalue weighted by Crippen LogP contribution is 2.34. The van der Waals surface area contributed by atoms with Gasteiger partial charge in [-0.25, -0.2) is 0 Å². The average molecular weight is 312 g/mol. The Morgan fingerprint density at radius 1 is 1.43 bits per heavy atom. The number of nitrogen functional groups attached to an aromatic ring is 1. The molecule has 1 saturated heterocycles. The van der Waals surface area contributed by atoms with Crippen molar-refractivity contribution in [2.45, 2.75) is 26.3 Å². The minimum absolute atomic E-state index is 0.150. The molecule has 0 atom stereocenters. The van der Waals surface area contributed by atoms with E-state index in [1.807, 2.05) is 12.1 Å². The second kappa shape index (κ2) is 7.52. The zero-order valence-corrected chi connectivity index (χ0v) is 13.1. The van der Waals surface area contributed by atoms with Crippen molar-refractivity contribution in [2.24, 2.45) is 0 Å². The topological polar surface area (TPSA) is 67.6 Å². The monoisotopic (exact) mass is 311 g/mol. The van der Waals surface area contributed by atoms with Gasteiger partial charge < -0.3 is 20.7 Å². The Balaban J connectivity index is 2.04. The minimum atomic E-state index is -0.275. The van der Waals surface area contributed by atoms with E-state index < -0.39 is 0 Å². The maximum atomic E-state index is 11.3. The van der Waals surface area contributed by atoms with Gasteiger partial charge in [0.25, 0.3) is 0 Å². The van der Waals surface area contributed by atoms with Crippen LogP contribution in [0.15, 0.2) is 12.1 Å². The molecule has 1 fully saturated rings. The number of nitrogens with two attached hydrogens (primary N) is 1. The molecular formula is C15H22ClN3O2. The molecule has 0 aliphatic carbocycles. The maximum absolute atomic E-state index is 11.3. The van der Waals surface area contributed by atoms with Crippen LogP contribution in [0.2, 0.25) is 5.02 Å². The molecule has 3 N–H and O–H groups in total. The molecule has 0 aromatic heterocycles. The molecule has 0 bridgehead atoms. The van der Waals surface area contributed by atoms with Gasteiger partial charge in [0.1, 0.15) is 0 Å². The first-order chi connectivity index (χ1) is 10.1. The van der Waals surface area contributed by atoms with Crippen LogP contribution in [0.3, 0.4) is 0 Å². The Kier molecular flexibility index (Phi) is 5.70. The Morgan fingerprint density at radius 3 is 2.81 bits per heavy atom. The van der Waals surface area contributed by atoms with Crippen LogP contribution in [0, 0.1) is 0 Å². The molecule has 1 aromatic rings. The number of anilines is 2. The van der Waals surface area contributed by atoms with Crippen LogP contribution in [0.1, 0.15) is 25.3 Å². The summed E-state index contributed by atoms with van der Waals surface area (Å²) in [5, 5.41) is 3.70. The number of benzene rings is 1. The number of hydrogen-bond acceptors (Lipinski definition) is 5. The van der Waals surface area contributed by atoms with Gasteiger partial charge in [-0.3, -0.25) is 4.79 Å². The largest absolute Gasteiger partial charge is 0.465 e. The molecule has 1 aliphatic heterocycles. The van der Waals surface area contributed by atoms with Gasteiger partial charge in [0.05, 0.1) is 23.9 Å². The molecule has 116 valence electrons. The zero-order chi connectivity index (χ0) is 15.2. The Morgan fingerprint density at radius 2 is 2.14 bits per heavy atom. The van der Waals surface area contributed by atoms with Crippen LogP contribution < -0.4 is 16.0 Å². The van der Waals surface area contributed by atoms with Gasteiger partial charge in [0, 0.05) is 30.9 Å². The number of carbonyl (C=O) groups excluding carboxylic acids is 1. The predicted molar refractivity (Wildman–Crippen MR) is 85.7 cm³/mol. The lowest BCUT2D eigenvalue weighted by atomic mass is 10.1. The second-order valence-corrected chi connectivity index (χ2v) is 5.45. The summed E-state index contributed by atoms with van der Waals surface area (Å²) in [4.78, 5) is 13.6. The van der Waals surface area contributed by atoms with Crippen molar-refractivity contribution in [3.63, 3.8) is 0 Å². The Bertz CT molecular complexity index is 502. The number of ether oxygens (including phenoxy) is 1. The van der Waals surface area contributed by atoms with E-state index in [-0.39, 0.29) is 12.5 Å². The maximum Gasteiger partial charge on any atom is 0.319 e. The highest BCUT2D eigenvalue weighted by atomic mass is 35.5. The van der Waals surface area contributed by atoms with Crippen molar-refractivity contribution in [1.29, 1.82) is 0 Å². The van der Waals surface area contributed by atoms with Gasteiger partial charge in [0.2, 0.25) is 0 Å². The van der Waals surface area contributed by atoms with Gasteiger partial charge in [-0.1, -0.05) is 11.6 Å². The van der Waals surface area contributed by atoms with Crippen molar-refractivity contribution in [3.05, 3.63) is 22.7 Å². The molecule has 1 aromatic carbocycles. The second-order valence-electron chi connectivity index (χ2n) is 5.07. The van der Waals surface area contributed by atoms with Gasteiger partial charge in [-0.15, -0.1) is 0 Å². The summed E-state index contributed by atoms with van der Waals surface area (Å²) >= 11 is 6.49. The first-order valence-electron chi connectivity index (χ1n) is 7.31. The van der Waals surface area contributed by atoms with Crippen molar-refractivity contribution in [1.82, 2.24) is 5.32 Å². The Hall–Kier alpha value is -1.46. The molecule has 0 radical (unpaired) electrons. The van der Waals surface area contributed by atoms with Crippen molar-refractivity contribution >= 4 is 28.9 Å². The molecular weight excluding hydrogens is 290 g/mol. The molecule has 0 amide bonds. The van der Waals surface area contributed by atoms with Crippen LogP contribution in [-0.4, -0.2) is 32.2 Å². The van der Waals surface area contributed by atoms with Gasteiger partial charge in [0.15, 0.2) is 0 Å². The number of carbonyl (C=O) groups is 1. The first-order valence-corrected chi connectivity index (χ1v) is 7.69. The molecule has 0 saturated carbocycles. The summed E-state index contributed by atoms with van der Waals surface area (Å²) in [6, 6.07) is 3.85. The van der Waals surface area contributed by atoms with E-state index in [0.717, 1.165) is 24.3 Å². The number of hydrogen-bond donors (Lipinski definition) is 2. The van der Waals surface area contributed by atoms with Crippen LogP contribution >= 0.6 is 11.6 Å². The predicted octanol–water partition coefficient (Wildman–Crippen LogP) is 2.18. The van der Waals surface area contributed by atoms with E-state index in [9.17, 15) is 4.79 Å². The van der Waals surface area contributed by atoms with E-state index in [0.29, 0.717) is 23.9 Å². The zero-order valence-electron chi connectivity index (χ0n) is 12.3. The van der Waals surface area contributed by atoms with Gasteiger partial charge in [-0.2, -0.15) is 0 Å². The normalized spacial score (nSPS) is 14.5. The summed E-state index contributed by atoms with van der Waals surface area (Å²) in [5.74, 6) is -0.275. The highest BCUT2D eigenvalue weighted by molar-refractivity contribution is 6.34. The SMILES string of the molecule is CCOC(=O)CNCc1c(N)ccc(N2CCCC2)c1Cl. The molecule has 6 heteroatoms. The summed E-state index contributed by atoms with van der Waals surface area (Å²) < 4.78 is 4.87. The van der Waals surface area contributed by atoms with Gasteiger partial charge in [-0.05, 0) is 31.9 Å². The lowest BCUT2D eigenvalue weighted by molar-refractivity contribution is -0.142. The van der Waals surface area contributed by atoms with Crippen LogP contribution in [0.25, 0.3) is 0 Å². The number of halogens is 1. The van der Waals surface area contributed by atoms with Crippen molar-refractivity contribution in [3.8, 4) is 0 Å². The fourth-order valence-electron chi connectivity index (χ4n) is 2.51. The number of nitrogens with one attached hydrogen (secondary N) is 1. The fraction of sp³-hybridized carbons (Fsp3) is 0.533. The molecule has 21 heavy (non-hydrogen) atoms. The van der Waals surface area contributed by atoms with E-state index in [2.05, 4.69) is 10.2 Å². The number of nitrogens with zero attached hydrogens (tertiary/aromatic N) is 1. The molecule has 2 rings (SSSR count).